The monoisotopic (exact) mass is 1250 g/mol. The van der Waals surface area contributed by atoms with Crippen LogP contribution in [0.25, 0.3) is 117 Å². The third-order valence-electron chi connectivity index (χ3n) is 21.2. The van der Waals surface area contributed by atoms with Crippen LogP contribution in [0.3, 0.4) is 0 Å². The Labute approximate surface area is 567 Å². The minimum Gasteiger partial charge on any atom is -0.456 e. The molecule has 14 aromatic rings. The number of hydrogen-bond donors (Lipinski definition) is 0. The van der Waals surface area contributed by atoms with Crippen molar-refractivity contribution in [2.75, 3.05) is 0 Å². The van der Waals surface area contributed by atoms with Crippen LogP contribution in [0.4, 0.5) is 0 Å². The van der Waals surface area contributed by atoms with E-state index in [1.807, 2.05) is 37.3 Å². The fraction of sp³-hybridized carbons (Fsp3) is 0.109. The first-order valence-corrected chi connectivity index (χ1v) is 33.5. The average molecular weight is 1250 g/mol. The van der Waals surface area contributed by atoms with Crippen molar-refractivity contribution in [2.24, 2.45) is 4.99 Å². The third-order valence-corrected chi connectivity index (χ3v) is 21.2. The van der Waals surface area contributed by atoms with Gasteiger partial charge in [0.2, 0.25) is 0 Å². The lowest BCUT2D eigenvalue weighted by Crippen LogP contribution is -2.22. The number of rotatable bonds is 13. The molecule has 0 radical (unpaired) electrons. The zero-order chi connectivity index (χ0) is 66.1. The predicted octanol–water partition coefficient (Wildman–Crippen LogP) is 23.4. The summed E-state index contributed by atoms with van der Waals surface area (Å²) >= 11 is 0. The number of para-hydroxylation sites is 2. The summed E-state index contributed by atoms with van der Waals surface area (Å²) in [5.74, 6) is 1.85. The Morgan fingerprint density at radius 1 is 0.381 bits per heavy atom. The molecule has 3 aliphatic carbocycles. The van der Waals surface area contributed by atoms with Crippen LogP contribution in [-0.2, 0) is 16.2 Å². The van der Waals surface area contributed by atoms with E-state index in [-0.39, 0.29) is 10.8 Å². The fourth-order valence-electron chi connectivity index (χ4n) is 16.2. The molecule has 0 spiro atoms. The van der Waals surface area contributed by atoms with Crippen molar-refractivity contribution in [1.82, 2.24) is 15.0 Å². The van der Waals surface area contributed by atoms with Gasteiger partial charge < -0.3 is 4.42 Å². The quantitative estimate of drug-likeness (QED) is 0.0852. The molecule has 0 N–H and O–H groups in total. The summed E-state index contributed by atoms with van der Waals surface area (Å²) in [5, 5.41) is 2.08. The summed E-state index contributed by atoms with van der Waals surface area (Å²) < 4.78 is 6.71. The molecule has 5 heteroatoms. The van der Waals surface area contributed by atoms with Gasteiger partial charge in [0.15, 0.2) is 17.5 Å². The number of nitrogens with zero attached hydrogens (tertiary/aromatic N) is 4. The molecular formula is C92H70N4O. The van der Waals surface area contributed by atoms with E-state index < -0.39 is 11.5 Å². The molecule has 0 aliphatic heterocycles. The minimum atomic E-state index is -0.579. The highest BCUT2D eigenvalue weighted by Crippen LogP contribution is 2.57. The molecule has 2 aromatic heterocycles. The average Bonchev–Trinajstić information content (AvgIpc) is 1.57. The highest BCUT2D eigenvalue weighted by molar-refractivity contribution is 6.13. The Bertz CT molecular complexity index is 5700. The lowest BCUT2D eigenvalue weighted by Gasteiger charge is -2.29. The maximum atomic E-state index is 6.71. The lowest BCUT2D eigenvalue weighted by molar-refractivity contribution is 0.658. The summed E-state index contributed by atoms with van der Waals surface area (Å²) in [6, 6.07) is 97.5. The van der Waals surface area contributed by atoms with E-state index in [9.17, 15) is 0 Å². The molecule has 0 fully saturated rings. The number of benzene rings is 12. The zero-order valence-corrected chi connectivity index (χ0v) is 55.4. The van der Waals surface area contributed by atoms with Crippen molar-refractivity contribution in [3.63, 3.8) is 0 Å². The Morgan fingerprint density at radius 3 is 1.67 bits per heavy atom. The summed E-state index contributed by atoms with van der Waals surface area (Å²) in [7, 11) is 0. The first-order chi connectivity index (χ1) is 47.1. The summed E-state index contributed by atoms with van der Waals surface area (Å²) in [6.07, 6.45) is 0. The van der Waals surface area contributed by atoms with Gasteiger partial charge in [-0.05, 0) is 167 Å². The maximum absolute atomic E-state index is 6.71. The molecule has 2 atom stereocenters. The van der Waals surface area contributed by atoms with Gasteiger partial charge in [0.1, 0.15) is 17.2 Å². The topological polar surface area (TPSA) is 64.2 Å². The van der Waals surface area contributed by atoms with Gasteiger partial charge in [-0.3, -0.25) is 4.99 Å². The van der Waals surface area contributed by atoms with E-state index in [2.05, 4.69) is 284 Å². The van der Waals surface area contributed by atoms with Crippen molar-refractivity contribution in [1.29, 1.82) is 0 Å². The summed E-state index contributed by atoms with van der Waals surface area (Å²) in [4.78, 5) is 22.1. The van der Waals surface area contributed by atoms with Crippen molar-refractivity contribution >= 4 is 33.2 Å². The van der Waals surface area contributed by atoms with Gasteiger partial charge in [0, 0.05) is 49.3 Å². The summed E-state index contributed by atoms with van der Waals surface area (Å²) in [5.41, 5.74) is 30.2. The molecule has 12 aromatic carbocycles. The van der Waals surface area contributed by atoms with Crippen molar-refractivity contribution in [3.05, 3.63) is 360 Å². The summed E-state index contributed by atoms with van der Waals surface area (Å²) in [6.45, 7) is 27.8. The largest absolute Gasteiger partial charge is 0.456 e. The standard InChI is InChI=1S/C92H70N4O/c1-55(2)84(58-27-11-10-12-28-58)93-85(73-42-24-40-69-68-36-16-20-48-81(68)97-86(69)73)57(4)56(3)59-29-21-31-62(51-59)66-39-25-47-80-82(66)71-38-15-19-45-78(71)92(80,9)65-34-23-33-64(53-65)88-94-87(95-89(96-88)72-41-26-46-79-83(72)70-37-14-18-44-76(70)91(79,7)8)63-32-22-30-60(52-63)61-49-50-77-74(54-61)67-35-13-17-43-75(67)90(77,5)6/h10-54,85H,1,3-4H2,2,5-9H3/b93-84+. The van der Waals surface area contributed by atoms with Crippen LogP contribution >= 0.6 is 0 Å². The second-order valence-electron chi connectivity index (χ2n) is 27.6. The van der Waals surface area contributed by atoms with Crippen LogP contribution in [-0.4, -0.2) is 20.7 Å². The van der Waals surface area contributed by atoms with Crippen molar-refractivity contribution in [3.8, 4) is 89.8 Å². The Kier molecular flexibility index (Phi) is 13.7. The van der Waals surface area contributed by atoms with E-state index >= 15 is 0 Å². The highest BCUT2D eigenvalue weighted by atomic mass is 16.3. The Morgan fingerprint density at radius 2 is 0.897 bits per heavy atom. The molecule has 5 nitrogen and oxygen atoms in total. The number of hydrogen-bond acceptors (Lipinski definition) is 5. The number of furan rings is 1. The van der Waals surface area contributed by atoms with Crippen LogP contribution in [0, 0.1) is 0 Å². The second-order valence-corrected chi connectivity index (χ2v) is 27.6. The van der Waals surface area contributed by atoms with Gasteiger partial charge in [0.25, 0.3) is 0 Å². The normalized spacial score (nSPS) is 15.5. The Balaban J connectivity index is 0.769. The SMILES string of the molecule is C=C(C)/C(=N\C(C(=C)C(=C)c1cccc(-c2cccc3c2-c2ccccc2C3(C)c2cccc(-c3nc(-c4cccc(-c5ccc6c(c5)-c5ccccc5C6(C)C)c4)nc(-c4cccc5c4-c4ccccc4C5(C)C)n3)c2)c1)c1cccc2c1oc1ccccc12)c1ccccc1. The molecule has 0 saturated heterocycles. The number of aliphatic imine (C=N–C) groups is 1. The van der Waals surface area contributed by atoms with Gasteiger partial charge in [-0.15, -0.1) is 0 Å². The molecule has 0 saturated carbocycles. The minimum absolute atomic E-state index is 0.0861. The van der Waals surface area contributed by atoms with Gasteiger partial charge in [0.05, 0.1) is 5.71 Å². The fourth-order valence-corrected chi connectivity index (χ4v) is 16.2. The van der Waals surface area contributed by atoms with E-state index in [4.69, 9.17) is 37.5 Å². The number of aromatic nitrogens is 3. The van der Waals surface area contributed by atoms with Gasteiger partial charge >= 0.3 is 0 Å². The van der Waals surface area contributed by atoms with Crippen LogP contribution in [0.5, 0.6) is 0 Å². The van der Waals surface area contributed by atoms with Gasteiger partial charge in [-0.1, -0.05) is 290 Å². The Hall–Kier alpha value is -11.7. The van der Waals surface area contributed by atoms with E-state index in [0.717, 1.165) is 106 Å². The molecule has 2 unspecified atom stereocenters. The van der Waals surface area contributed by atoms with Gasteiger partial charge in [-0.2, -0.15) is 0 Å². The first-order valence-electron chi connectivity index (χ1n) is 33.5. The molecule has 17 rings (SSSR count). The smallest absolute Gasteiger partial charge is 0.164 e. The van der Waals surface area contributed by atoms with Crippen molar-refractivity contribution < 1.29 is 4.42 Å². The van der Waals surface area contributed by atoms with E-state index in [0.29, 0.717) is 17.5 Å². The molecule has 0 bridgehead atoms. The third kappa shape index (κ3) is 9.35. The molecular weight excluding hydrogens is 1180 g/mol. The maximum Gasteiger partial charge on any atom is 0.164 e. The molecule has 464 valence electrons. The van der Waals surface area contributed by atoms with Crippen LogP contribution in [0.15, 0.2) is 313 Å². The highest BCUT2D eigenvalue weighted by Gasteiger charge is 2.43. The van der Waals surface area contributed by atoms with E-state index in [1.165, 1.54) is 66.8 Å². The number of fused-ring (bicyclic) bond motifs is 12. The van der Waals surface area contributed by atoms with Crippen LogP contribution in [0.2, 0.25) is 0 Å². The molecule has 0 amide bonds. The molecule has 3 aliphatic rings. The molecule has 97 heavy (non-hydrogen) atoms. The van der Waals surface area contributed by atoms with Crippen LogP contribution < -0.4 is 0 Å². The second kappa shape index (κ2) is 22.5. The van der Waals surface area contributed by atoms with E-state index in [1.54, 1.807) is 0 Å². The molecule has 2 heterocycles. The predicted molar refractivity (Wildman–Crippen MR) is 402 cm³/mol. The number of allylic oxidation sites excluding steroid dienone is 1. The first kappa shape index (κ1) is 59.1. The zero-order valence-electron chi connectivity index (χ0n) is 55.4. The lowest BCUT2D eigenvalue weighted by atomic mass is 9.73. The van der Waals surface area contributed by atoms with Crippen molar-refractivity contribution in [2.45, 2.75) is 63.8 Å². The van der Waals surface area contributed by atoms with Gasteiger partial charge in [-0.25, -0.2) is 15.0 Å². The van der Waals surface area contributed by atoms with Crippen LogP contribution in [0.1, 0.15) is 103 Å².